The van der Waals surface area contributed by atoms with Gasteiger partial charge in [-0.1, -0.05) is 24.3 Å². The van der Waals surface area contributed by atoms with Crippen molar-refractivity contribution in [2.24, 2.45) is 0 Å². The average molecular weight is 497 g/mol. The van der Waals surface area contributed by atoms with E-state index in [0.29, 0.717) is 30.0 Å². The van der Waals surface area contributed by atoms with Crippen molar-refractivity contribution in [1.82, 2.24) is 20.1 Å². The number of carbonyl (C=O) groups is 1. The summed E-state index contributed by atoms with van der Waals surface area (Å²) in [6.45, 7) is 0.395. The molecule has 0 saturated carbocycles. The Kier molecular flexibility index (Phi) is 5.27. The summed E-state index contributed by atoms with van der Waals surface area (Å²) >= 11 is 0. The maximum absolute atomic E-state index is 14.0. The second-order valence-electron chi connectivity index (χ2n) is 8.83. The first kappa shape index (κ1) is 22.3. The molecule has 2 aromatic heterocycles. The van der Waals surface area contributed by atoms with Gasteiger partial charge >= 0.3 is 6.18 Å². The topological polar surface area (TPSA) is 93.2 Å². The molecule has 36 heavy (non-hydrogen) atoms. The van der Waals surface area contributed by atoms with Gasteiger partial charge in [-0.05, 0) is 35.7 Å². The Morgan fingerprint density at radius 3 is 2.83 bits per heavy atom. The van der Waals surface area contributed by atoms with Crippen LogP contribution < -0.4 is 20.1 Å². The summed E-state index contributed by atoms with van der Waals surface area (Å²) in [5.74, 6) is 0.651. The molecular formula is C25H22F3N5O3. The van der Waals surface area contributed by atoms with Gasteiger partial charge in [-0.25, -0.2) is 4.68 Å². The van der Waals surface area contributed by atoms with Gasteiger partial charge < -0.3 is 25.1 Å². The third kappa shape index (κ3) is 4.00. The number of fused-ring (bicyclic) bond motifs is 3. The van der Waals surface area contributed by atoms with E-state index < -0.39 is 24.2 Å². The van der Waals surface area contributed by atoms with E-state index in [1.165, 1.54) is 6.07 Å². The van der Waals surface area contributed by atoms with Crippen LogP contribution in [0, 0.1) is 0 Å². The molecule has 2 aromatic carbocycles. The lowest BCUT2D eigenvalue weighted by molar-refractivity contribution is -0.173. The highest BCUT2D eigenvalue weighted by Gasteiger charge is 2.47. The van der Waals surface area contributed by atoms with Crippen molar-refractivity contribution in [3.8, 4) is 11.5 Å². The van der Waals surface area contributed by atoms with Crippen LogP contribution in [-0.2, 0) is 6.42 Å². The molecule has 2 atom stereocenters. The third-order valence-electron chi connectivity index (χ3n) is 6.58. The number of alkyl halides is 3. The molecule has 4 heterocycles. The van der Waals surface area contributed by atoms with Crippen LogP contribution in [0.3, 0.4) is 0 Å². The van der Waals surface area contributed by atoms with Gasteiger partial charge in [-0.2, -0.15) is 18.3 Å². The predicted octanol–water partition coefficient (Wildman–Crippen LogP) is 4.73. The zero-order valence-electron chi connectivity index (χ0n) is 18.9. The van der Waals surface area contributed by atoms with E-state index in [1.807, 2.05) is 30.5 Å². The zero-order valence-corrected chi connectivity index (χ0v) is 18.9. The first-order valence-electron chi connectivity index (χ1n) is 11.5. The molecule has 1 amide bonds. The predicted molar refractivity (Wildman–Crippen MR) is 125 cm³/mol. The fraction of sp³-hybridized carbons (Fsp3) is 0.280. The molecule has 0 unspecified atom stereocenters. The number of ether oxygens (including phenoxy) is 2. The number of amides is 1. The normalized spacial score (nSPS) is 18.6. The SMILES string of the molecule is O=C(NCCc1c[nH]c2ccccc12)c1cc2n(n1)[C@H](C(F)(F)F)C[C@H](c1ccc3c(c1)OCO3)N2. The van der Waals surface area contributed by atoms with Crippen molar-refractivity contribution in [2.75, 3.05) is 18.7 Å². The lowest BCUT2D eigenvalue weighted by Crippen LogP contribution is -2.35. The summed E-state index contributed by atoms with van der Waals surface area (Å²) in [6.07, 6.45) is -2.36. The van der Waals surface area contributed by atoms with E-state index in [1.54, 1.807) is 18.2 Å². The number of nitrogens with zero attached hydrogens (tertiary/aromatic N) is 2. The number of nitrogens with one attached hydrogen (secondary N) is 3. The first-order valence-corrected chi connectivity index (χ1v) is 11.5. The Hall–Kier alpha value is -4.15. The van der Waals surface area contributed by atoms with Crippen LogP contribution in [0.25, 0.3) is 10.9 Å². The van der Waals surface area contributed by atoms with Crippen LogP contribution >= 0.6 is 0 Å². The minimum Gasteiger partial charge on any atom is -0.454 e. The van der Waals surface area contributed by atoms with Gasteiger partial charge in [0, 0.05) is 36.1 Å². The summed E-state index contributed by atoms with van der Waals surface area (Å²) in [5.41, 5.74) is 2.60. The molecule has 11 heteroatoms. The third-order valence-corrected chi connectivity index (χ3v) is 6.58. The van der Waals surface area contributed by atoms with Crippen LogP contribution in [-0.4, -0.2) is 40.2 Å². The van der Waals surface area contributed by atoms with Gasteiger partial charge in [0.05, 0.1) is 6.04 Å². The lowest BCUT2D eigenvalue weighted by atomic mass is 9.96. The van der Waals surface area contributed by atoms with Gasteiger partial charge in [0.1, 0.15) is 5.82 Å². The fourth-order valence-electron chi connectivity index (χ4n) is 4.77. The summed E-state index contributed by atoms with van der Waals surface area (Å²) in [5, 5.41) is 11.0. The van der Waals surface area contributed by atoms with Gasteiger partial charge in [0.2, 0.25) is 6.79 Å². The number of anilines is 1. The standard InChI is InChI=1S/C25H22F3N5O3/c26-25(27,28)22-10-18(14-5-6-20-21(9-14)36-13-35-20)31-23-11-19(32-33(22)23)24(34)29-8-7-15-12-30-17-4-2-1-3-16(15)17/h1-6,9,11-12,18,22,30-31H,7-8,10,13H2,(H,29,34)/t18-,22+/m1/s1. The fourth-order valence-corrected chi connectivity index (χ4v) is 4.77. The maximum atomic E-state index is 14.0. The van der Waals surface area contributed by atoms with Crippen molar-refractivity contribution in [3.05, 3.63) is 71.5 Å². The molecule has 0 spiro atoms. The Morgan fingerprint density at radius 2 is 1.97 bits per heavy atom. The van der Waals surface area contributed by atoms with Gasteiger partial charge in [-0.15, -0.1) is 0 Å². The molecular weight excluding hydrogens is 475 g/mol. The minimum atomic E-state index is -4.54. The largest absolute Gasteiger partial charge is 0.454 e. The van der Waals surface area contributed by atoms with Crippen LogP contribution in [0.1, 0.15) is 40.1 Å². The Balaban J connectivity index is 1.19. The van der Waals surface area contributed by atoms with Crippen LogP contribution in [0.15, 0.2) is 54.7 Å². The number of para-hydroxylation sites is 1. The number of halogens is 3. The number of rotatable bonds is 5. The molecule has 0 aliphatic carbocycles. The Bertz CT molecular complexity index is 1440. The molecule has 6 rings (SSSR count). The second kappa shape index (κ2) is 8.51. The summed E-state index contributed by atoms with van der Waals surface area (Å²) in [7, 11) is 0. The smallest absolute Gasteiger partial charge is 0.410 e. The first-order chi connectivity index (χ1) is 17.4. The van der Waals surface area contributed by atoms with E-state index in [2.05, 4.69) is 20.7 Å². The van der Waals surface area contributed by atoms with Crippen molar-refractivity contribution < 1.29 is 27.4 Å². The van der Waals surface area contributed by atoms with Gasteiger partial charge in [0.25, 0.3) is 5.91 Å². The molecule has 0 fully saturated rings. The number of aromatic nitrogens is 3. The molecule has 186 valence electrons. The summed E-state index contributed by atoms with van der Waals surface area (Å²) in [4.78, 5) is 15.9. The van der Waals surface area contributed by atoms with Crippen LogP contribution in [0.2, 0.25) is 0 Å². The second-order valence-corrected chi connectivity index (χ2v) is 8.83. The number of H-pyrrole nitrogens is 1. The highest BCUT2D eigenvalue weighted by Crippen LogP contribution is 2.45. The number of hydrogen-bond donors (Lipinski definition) is 3. The number of hydrogen-bond acceptors (Lipinski definition) is 5. The van der Waals surface area contributed by atoms with Crippen molar-refractivity contribution >= 4 is 22.6 Å². The lowest BCUT2D eigenvalue weighted by Gasteiger charge is -2.33. The quantitative estimate of drug-likeness (QED) is 0.371. The van der Waals surface area contributed by atoms with Crippen molar-refractivity contribution in [3.63, 3.8) is 0 Å². The molecule has 2 aliphatic heterocycles. The molecule has 0 saturated heterocycles. The highest BCUT2D eigenvalue weighted by atomic mass is 19.4. The molecule has 8 nitrogen and oxygen atoms in total. The molecule has 4 aromatic rings. The summed E-state index contributed by atoms with van der Waals surface area (Å²) < 4.78 is 53.5. The minimum absolute atomic E-state index is 0.0722. The van der Waals surface area contributed by atoms with Gasteiger partial charge in [-0.3, -0.25) is 4.79 Å². The number of carbonyl (C=O) groups excluding carboxylic acids is 1. The average Bonchev–Trinajstić information content (AvgIpc) is 3.60. The number of aromatic amines is 1. The van der Waals surface area contributed by atoms with Gasteiger partial charge in [0.15, 0.2) is 23.2 Å². The van der Waals surface area contributed by atoms with Crippen LogP contribution in [0.4, 0.5) is 19.0 Å². The van der Waals surface area contributed by atoms with E-state index in [0.717, 1.165) is 21.1 Å². The molecule has 0 bridgehead atoms. The molecule has 2 aliphatic rings. The van der Waals surface area contributed by atoms with E-state index in [4.69, 9.17) is 9.47 Å². The van der Waals surface area contributed by atoms with E-state index in [9.17, 15) is 18.0 Å². The van der Waals surface area contributed by atoms with E-state index >= 15 is 0 Å². The highest BCUT2D eigenvalue weighted by molar-refractivity contribution is 5.93. The van der Waals surface area contributed by atoms with Crippen LogP contribution in [0.5, 0.6) is 11.5 Å². The summed E-state index contributed by atoms with van der Waals surface area (Å²) in [6, 6.07) is 11.7. The van der Waals surface area contributed by atoms with E-state index in [-0.39, 0.29) is 24.7 Å². The maximum Gasteiger partial charge on any atom is 0.410 e. The zero-order chi connectivity index (χ0) is 24.9. The van der Waals surface area contributed by atoms with Crippen molar-refractivity contribution in [1.29, 1.82) is 0 Å². The molecule has 0 radical (unpaired) electrons. The monoisotopic (exact) mass is 497 g/mol. The Morgan fingerprint density at radius 1 is 1.14 bits per heavy atom. The Labute approximate surface area is 203 Å². The molecule has 3 N–H and O–H groups in total. The number of benzene rings is 2. The van der Waals surface area contributed by atoms with Crippen molar-refractivity contribution in [2.45, 2.75) is 31.1 Å².